The molecule has 34 heavy (non-hydrogen) atoms. The number of nitrogens with zero attached hydrogens (tertiary/aromatic N) is 3. The van der Waals surface area contributed by atoms with Gasteiger partial charge in [-0.25, -0.2) is 14.0 Å². The Kier molecular flexibility index (Phi) is 6.96. The molecule has 2 aliphatic heterocycles. The molecule has 2 aliphatic rings. The smallest absolute Gasteiger partial charge is 0.355 e. The van der Waals surface area contributed by atoms with Gasteiger partial charge in [-0.05, 0) is 48.6 Å². The zero-order valence-corrected chi connectivity index (χ0v) is 19.1. The third-order valence-corrected chi connectivity index (χ3v) is 5.86. The molecule has 2 aromatic carbocycles. The van der Waals surface area contributed by atoms with E-state index in [-0.39, 0.29) is 17.1 Å². The van der Waals surface area contributed by atoms with E-state index in [4.69, 9.17) is 9.47 Å². The first-order valence-corrected chi connectivity index (χ1v) is 10.9. The normalized spacial score (nSPS) is 15.9. The molecule has 176 valence electrons. The van der Waals surface area contributed by atoms with Crippen LogP contribution in [0.15, 0.2) is 84.2 Å². The number of carbonyl (C=O) groups excluding carboxylic acids is 2. The number of para-hydroxylation sites is 1. The van der Waals surface area contributed by atoms with Gasteiger partial charge >= 0.3 is 11.9 Å². The summed E-state index contributed by atoms with van der Waals surface area (Å²) in [4.78, 5) is 30.8. The Balaban J connectivity index is 1.53. The average Bonchev–Trinajstić information content (AvgIpc) is 3.11. The van der Waals surface area contributed by atoms with Crippen molar-refractivity contribution >= 4 is 29.0 Å². The molecule has 1 saturated heterocycles. The van der Waals surface area contributed by atoms with Crippen molar-refractivity contribution in [1.82, 2.24) is 0 Å². The van der Waals surface area contributed by atoms with Crippen LogP contribution >= 0.6 is 0 Å². The fourth-order valence-electron chi connectivity index (χ4n) is 4.10. The highest BCUT2D eigenvalue weighted by molar-refractivity contribution is 6.05. The molecule has 2 heterocycles. The highest BCUT2D eigenvalue weighted by atomic mass is 19.1. The van der Waals surface area contributed by atoms with Crippen molar-refractivity contribution in [3.8, 4) is 0 Å². The summed E-state index contributed by atoms with van der Waals surface area (Å²) in [5.74, 6) is -1.49. The molecule has 4 rings (SSSR count). The van der Waals surface area contributed by atoms with Crippen molar-refractivity contribution in [3.63, 3.8) is 0 Å². The second-order valence-electron chi connectivity index (χ2n) is 7.76. The quantitative estimate of drug-likeness (QED) is 0.628. The zero-order valence-electron chi connectivity index (χ0n) is 19.1. The number of ether oxygens (including phenoxy) is 2. The number of allylic oxidation sites excluding steroid dienone is 2. The minimum absolute atomic E-state index is 0.0746. The van der Waals surface area contributed by atoms with E-state index in [1.54, 1.807) is 35.4 Å². The molecule has 0 spiro atoms. The molecular weight excluding hydrogens is 437 g/mol. The minimum atomic E-state index is -0.648. The summed E-state index contributed by atoms with van der Waals surface area (Å²) in [7, 11) is 2.53. The van der Waals surface area contributed by atoms with E-state index in [1.807, 2.05) is 30.3 Å². The van der Waals surface area contributed by atoms with Crippen molar-refractivity contribution in [2.45, 2.75) is 0 Å². The van der Waals surface area contributed by atoms with Crippen LogP contribution in [0.2, 0.25) is 0 Å². The van der Waals surface area contributed by atoms with E-state index in [1.165, 1.54) is 26.4 Å². The fourth-order valence-corrected chi connectivity index (χ4v) is 4.10. The molecule has 0 N–H and O–H groups in total. The third kappa shape index (κ3) is 4.66. The highest BCUT2D eigenvalue weighted by Gasteiger charge is 2.27. The summed E-state index contributed by atoms with van der Waals surface area (Å²) >= 11 is 0. The van der Waals surface area contributed by atoms with Crippen molar-refractivity contribution in [3.05, 3.63) is 90.0 Å². The molecule has 0 aliphatic carbocycles. The minimum Gasteiger partial charge on any atom is -0.465 e. The van der Waals surface area contributed by atoms with E-state index in [0.717, 1.165) is 18.8 Å². The lowest BCUT2D eigenvalue weighted by Crippen LogP contribution is -2.46. The van der Waals surface area contributed by atoms with Gasteiger partial charge in [0.15, 0.2) is 0 Å². The SMILES string of the molecule is COC(=O)C1=C(C(=O)OC)N(c2ccc(N3CCN(c4ccccc4F)CC3)cc2)C=CC=C1. The van der Waals surface area contributed by atoms with E-state index in [0.29, 0.717) is 24.5 Å². The van der Waals surface area contributed by atoms with Crippen LogP contribution in [0.3, 0.4) is 0 Å². The van der Waals surface area contributed by atoms with Crippen LogP contribution in [0.5, 0.6) is 0 Å². The second-order valence-corrected chi connectivity index (χ2v) is 7.76. The maximum atomic E-state index is 14.1. The number of benzene rings is 2. The van der Waals surface area contributed by atoms with Crippen LogP contribution in [-0.2, 0) is 19.1 Å². The monoisotopic (exact) mass is 463 g/mol. The summed E-state index contributed by atoms with van der Waals surface area (Å²) < 4.78 is 23.9. The predicted octanol–water partition coefficient (Wildman–Crippen LogP) is 3.64. The third-order valence-electron chi connectivity index (χ3n) is 5.86. The standard InChI is InChI=1S/C26H26FN3O4/c1-33-25(31)21-7-5-6-14-30(24(21)26(32)34-2)20-12-10-19(11-13-20)28-15-17-29(18-16-28)23-9-4-3-8-22(23)27/h3-14H,15-18H2,1-2H3. The summed E-state index contributed by atoms with van der Waals surface area (Å²) in [6.07, 6.45) is 6.62. The van der Waals surface area contributed by atoms with Gasteiger partial charge in [0, 0.05) is 43.8 Å². The first kappa shape index (κ1) is 23.1. The second kappa shape index (κ2) is 10.2. The number of hydrogen-bond acceptors (Lipinski definition) is 7. The number of rotatable bonds is 5. The van der Waals surface area contributed by atoms with Crippen molar-refractivity contribution in [1.29, 1.82) is 0 Å². The molecule has 0 bridgehead atoms. The molecule has 8 heteroatoms. The average molecular weight is 464 g/mol. The lowest BCUT2D eigenvalue weighted by Gasteiger charge is -2.37. The highest BCUT2D eigenvalue weighted by Crippen LogP contribution is 2.29. The molecule has 0 amide bonds. The number of halogens is 1. The van der Waals surface area contributed by atoms with E-state index >= 15 is 0 Å². The van der Waals surface area contributed by atoms with Crippen molar-refractivity contribution in [2.75, 3.05) is 55.1 Å². The Morgan fingerprint density at radius 3 is 2.06 bits per heavy atom. The molecule has 0 unspecified atom stereocenters. The molecule has 2 aromatic rings. The Morgan fingerprint density at radius 2 is 1.41 bits per heavy atom. The van der Waals surface area contributed by atoms with Gasteiger partial charge in [-0.15, -0.1) is 0 Å². The van der Waals surface area contributed by atoms with Gasteiger partial charge in [-0.3, -0.25) is 0 Å². The van der Waals surface area contributed by atoms with Gasteiger partial charge in [0.25, 0.3) is 0 Å². The molecule has 1 fully saturated rings. The predicted molar refractivity (Wildman–Crippen MR) is 129 cm³/mol. The zero-order chi connectivity index (χ0) is 24.1. The van der Waals surface area contributed by atoms with E-state index < -0.39 is 11.9 Å². The molecular formula is C26H26FN3O4. The lowest BCUT2D eigenvalue weighted by molar-refractivity contribution is -0.139. The van der Waals surface area contributed by atoms with Gasteiger partial charge < -0.3 is 24.2 Å². The first-order valence-electron chi connectivity index (χ1n) is 10.9. The maximum absolute atomic E-state index is 14.1. The number of esters is 2. The van der Waals surface area contributed by atoms with E-state index in [9.17, 15) is 14.0 Å². The van der Waals surface area contributed by atoms with Gasteiger partial charge in [0.05, 0.1) is 25.5 Å². The van der Waals surface area contributed by atoms with Crippen molar-refractivity contribution < 1.29 is 23.5 Å². The number of hydrogen-bond donors (Lipinski definition) is 0. The van der Waals surface area contributed by atoms with Crippen molar-refractivity contribution in [2.24, 2.45) is 0 Å². The largest absolute Gasteiger partial charge is 0.465 e. The number of carbonyl (C=O) groups is 2. The Hall–Kier alpha value is -4.07. The molecule has 0 atom stereocenters. The molecule has 0 aromatic heterocycles. The summed E-state index contributed by atoms with van der Waals surface area (Å²) in [6.45, 7) is 2.92. The van der Waals surface area contributed by atoms with Crippen LogP contribution in [-0.4, -0.2) is 52.3 Å². The Bertz CT molecular complexity index is 1150. The van der Waals surface area contributed by atoms with Gasteiger partial charge in [0.1, 0.15) is 11.5 Å². The molecule has 0 saturated carbocycles. The van der Waals surface area contributed by atoms with Crippen LogP contribution in [0.4, 0.5) is 21.5 Å². The van der Waals surface area contributed by atoms with Gasteiger partial charge in [-0.2, -0.15) is 0 Å². The topological polar surface area (TPSA) is 62.3 Å². The van der Waals surface area contributed by atoms with Gasteiger partial charge in [-0.1, -0.05) is 18.2 Å². The number of piperazine rings is 1. The van der Waals surface area contributed by atoms with Crippen LogP contribution in [0.1, 0.15) is 0 Å². The van der Waals surface area contributed by atoms with Crippen LogP contribution in [0.25, 0.3) is 0 Å². The summed E-state index contributed by atoms with van der Waals surface area (Å²) in [5, 5.41) is 0. The van der Waals surface area contributed by atoms with Gasteiger partial charge in [0.2, 0.25) is 0 Å². The first-order chi connectivity index (χ1) is 16.5. The van der Waals surface area contributed by atoms with E-state index in [2.05, 4.69) is 9.80 Å². The molecule has 7 nitrogen and oxygen atoms in total. The van der Waals surface area contributed by atoms with Crippen LogP contribution in [0, 0.1) is 5.82 Å². The fraction of sp³-hybridized carbons (Fsp3) is 0.231. The summed E-state index contributed by atoms with van der Waals surface area (Å²) in [5.41, 5.74) is 2.52. The lowest BCUT2D eigenvalue weighted by atomic mass is 10.1. The maximum Gasteiger partial charge on any atom is 0.355 e. The Labute approximate surface area is 198 Å². The molecule has 0 radical (unpaired) electrons. The summed E-state index contributed by atoms with van der Waals surface area (Å²) in [6, 6.07) is 14.5. The Morgan fingerprint density at radius 1 is 0.794 bits per heavy atom. The number of methoxy groups -OCH3 is 2. The number of anilines is 3. The van der Waals surface area contributed by atoms with Crippen LogP contribution < -0.4 is 14.7 Å².